The van der Waals surface area contributed by atoms with E-state index in [4.69, 9.17) is 4.74 Å². The van der Waals surface area contributed by atoms with Gasteiger partial charge in [0.15, 0.2) is 5.82 Å². The van der Waals surface area contributed by atoms with Crippen LogP contribution < -0.4 is 10.1 Å². The van der Waals surface area contributed by atoms with Gasteiger partial charge in [0.05, 0.1) is 18.6 Å². The maximum absolute atomic E-state index is 10.9. The first-order valence-corrected chi connectivity index (χ1v) is 5.38. The summed E-state index contributed by atoms with van der Waals surface area (Å²) in [5.41, 5.74) is -0.128. The number of nitro groups is 1. The number of aromatic nitrogens is 4. The number of hydrogen-bond donors (Lipinski definition) is 1. The number of anilines is 1. The molecule has 0 aliphatic rings. The first-order valence-electron chi connectivity index (χ1n) is 5.38. The van der Waals surface area contributed by atoms with Crippen molar-refractivity contribution in [1.82, 2.24) is 19.7 Å². The van der Waals surface area contributed by atoms with Crippen LogP contribution in [0.25, 0.3) is 0 Å². The monoisotopic (exact) mass is 264 g/mol. The minimum absolute atomic E-state index is 0.122. The topological polar surface area (TPSA) is 108 Å². The van der Waals surface area contributed by atoms with Gasteiger partial charge in [0.2, 0.25) is 11.7 Å². The highest BCUT2D eigenvalue weighted by atomic mass is 16.6. The molecule has 0 aliphatic heterocycles. The van der Waals surface area contributed by atoms with Crippen molar-refractivity contribution < 1.29 is 9.66 Å². The molecule has 0 spiro atoms. The quantitative estimate of drug-likeness (QED) is 0.626. The average Bonchev–Trinajstić information content (AvgIpc) is 2.81. The molecule has 0 aromatic carbocycles. The summed E-state index contributed by atoms with van der Waals surface area (Å²) in [4.78, 5) is 18.4. The van der Waals surface area contributed by atoms with Gasteiger partial charge in [-0.1, -0.05) is 0 Å². The Kier molecular flexibility index (Phi) is 3.55. The van der Waals surface area contributed by atoms with E-state index in [0.29, 0.717) is 11.7 Å². The first kappa shape index (κ1) is 12.7. The summed E-state index contributed by atoms with van der Waals surface area (Å²) in [5, 5.41) is 17.8. The Hall–Kier alpha value is -2.71. The van der Waals surface area contributed by atoms with E-state index in [1.54, 1.807) is 18.1 Å². The summed E-state index contributed by atoms with van der Waals surface area (Å²) < 4.78 is 6.48. The molecule has 9 nitrogen and oxygen atoms in total. The van der Waals surface area contributed by atoms with Crippen LogP contribution in [0.2, 0.25) is 0 Å². The highest BCUT2D eigenvalue weighted by molar-refractivity contribution is 5.56. The Morgan fingerprint density at radius 3 is 2.89 bits per heavy atom. The van der Waals surface area contributed by atoms with Crippen LogP contribution >= 0.6 is 0 Å². The zero-order valence-corrected chi connectivity index (χ0v) is 10.4. The average molecular weight is 264 g/mol. The predicted molar refractivity (Wildman–Crippen MR) is 65.8 cm³/mol. The lowest BCUT2D eigenvalue weighted by atomic mass is 10.4. The van der Waals surface area contributed by atoms with Crippen molar-refractivity contribution in [2.75, 3.05) is 12.4 Å². The van der Waals surface area contributed by atoms with E-state index in [1.807, 2.05) is 0 Å². The summed E-state index contributed by atoms with van der Waals surface area (Å²) in [6, 6.07) is 2.77. The van der Waals surface area contributed by atoms with Crippen LogP contribution in [0.3, 0.4) is 0 Å². The molecule has 2 rings (SSSR count). The number of hydrogen-bond acceptors (Lipinski definition) is 7. The van der Waals surface area contributed by atoms with Crippen molar-refractivity contribution in [3.63, 3.8) is 0 Å². The number of aryl methyl sites for hydroxylation is 1. The van der Waals surface area contributed by atoms with Crippen molar-refractivity contribution >= 4 is 11.5 Å². The number of ether oxygens (including phenoxy) is 1. The largest absolute Gasteiger partial charge is 0.481 e. The Morgan fingerprint density at radius 1 is 1.53 bits per heavy atom. The molecule has 1 N–H and O–H groups in total. The van der Waals surface area contributed by atoms with Gasteiger partial charge in [-0.3, -0.25) is 14.8 Å². The van der Waals surface area contributed by atoms with Gasteiger partial charge in [-0.25, -0.2) is 4.98 Å². The van der Waals surface area contributed by atoms with E-state index in [2.05, 4.69) is 20.4 Å². The van der Waals surface area contributed by atoms with E-state index in [-0.39, 0.29) is 18.1 Å². The van der Waals surface area contributed by atoms with Crippen LogP contribution in [0.5, 0.6) is 5.88 Å². The van der Waals surface area contributed by atoms with Gasteiger partial charge in [-0.2, -0.15) is 10.1 Å². The lowest BCUT2D eigenvalue weighted by Crippen LogP contribution is -2.07. The van der Waals surface area contributed by atoms with Crippen LogP contribution in [-0.2, 0) is 13.6 Å². The van der Waals surface area contributed by atoms with Crippen LogP contribution in [-0.4, -0.2) is 31.8 Å². The molecule has 2 heterocycles. The lowest BCUT2D eigenvalue weighted by Gasteiger charge is -2.05. The summed E-state index contributed by atoms with van der Waals surface area (Å²) in [5.74, 6) is 0.931. The number of pyridine rings is 1. The molecular formula is C10H12N6O3. The van der Waals surface area contributed by atoms with E-state index in [0.717, 1.165) is 0 Å². The van der Waals surface area contributed by atoms with E-state index >= 15 is 0 Å². The second kappa shape index (κ2) is 5.29. The zero-order chi connectivity index (χ0) is 13.8. The molecule has 0 radical (unpaired) electrons. The number of nitrogens with one attached hydrogen (secondary N) is 1. The van der Waals surface area contributed by atoms with Crippen molar-refractivity contribution in [3.05, 3.63) is 34.4 Å². The molecule has 0 amide bonds. The molecule has 0 saturated heterocycles. The molecule has 2 aromatic heterocycles. The normalized spacial score (nSPS) is 10.2. The summed E-state index contributed by atoms with van der Waals surface area (Å²) in [6.07, 6.45) is 1.55. The number of rotatable bonds is 5. The zero-order valence-electron chi connectivity index (χ0n) is 10.4. The van der Waals surface area contributed by atoms with Gasteiger partial charge in [0.1, 0.15) is 6.33 Å². The maximum atomic E-state index is 10.9. The van der Waals surface area contributed by atoms with E-state index < -0.39 is 4.92 Å². The van der Waals surface area contributed by atoms with Gasteiger partial charge in [0.25, 0.3) is 0 Å². The standard InChI is InChI=1S/C10H12N6O3/c1-15-6-12-8(14-15)5-11-10-7(16(17)18)3-4-9(13-10)19-2/h3-4,6H,5H2,1-2H3,(H,11,13). The van der Waals surface area contributed by atoms with Gasteiger partial charge < -0.3 is 10.1 Å². The van der Waals surface area contributed by atoms with Gasteiger partial charge in [0, 0.05) is 19.2 Å². The van der Waals surface area contributed by atoms with Crippen molar-refractivity contribution in [1.29, 1.82) is 0 Å². The van der Waals surface area contributed by atoms with Crippen LogP contribution in [0.1, 0.15) is 5.82 Å². The third-order valence-corrected chi connectivity index (χ3v) is 2.32. The van der Waals surface area contributed by atoms with E-state index in [9.17, 15) is 10.1 Å². The molecular weight excluding hydrogens is 252 g/mol. The minimum Gasteiger partial charge on any atom is -0.481 e. The van der Waals surface area contributed by atoms with Crippen molar-refractivity contribution in [2.24, 2.45) is 7.05 Å². The molecule has 19 heavy (non-hydrogen) atoms. The molecule has 9 heteroatoms. The first-order chi connectivity index (χ1) is 9.10. The Balaban J connectivity index is 2.19. The smallest absolute Gasteiger partial charge is 0.311 e. The summed E-state index contributed by atoms with van der Waals surface area (Å²) in [7, 11) is 3.18. The SMILES string of the molecule is COc1ccc([N+](=O)[O-])c(NCc2ncn(C)n2)n1. The Bertz CT molecular complexity index is 597. The lowest BCUT2D eigenvalue weighted by molar-refractivity contribution is -0.384. The second-order valence-electron chi connectivity index (χ2n) is 3.67. The maximum Gasteiger partial charge on any atom is 0.311 e. The van der Waals surface area contributed by atoms with Crippen LogP contribution in [0.15, 0.2) is 18.5 Å². The van der Waals surface area contributed by atoms with Gasteiger partial charge in [-0.15, -0.1) is 0 Å². The highest BCUT2D eigenvalue weighted by Crippen LogP contribution is 2.24. The third-order valence-electron chi connectivity index (χ3n) is 2.32. The molecule has 100 valence electrons. The predicted octanol–water partition coefficient (Wildman–Crippen LogP) is 0.739. The van der Waals surface area contributed by atoms with Gasteiger partial charge >= 0.3 is 5.69 Å². The highest BCUT2D eigenvalue weighted by Gasteiger charge is 2.16. The molecule has 0 atom stereocenters. The Labute approximate surface area is 108 Å². The minimum atomic E-state index is -0.513. The summed E-state index contributed by atoms with van der Waals surface area (Å²) >= 11 is 0. The summed E-state index contributed by atoms with van der Waals surface area (Å²) in [6.45, 7) is 0.238. The number of methoxy groups -OCH3 is 1. The fourth-order valence-corrected chi connectivity index (χ4v) is 1.45. The second-order valence-corrected chi connectivity index (χ2v) is 3.67. The fraction of sp³-hybridized carbons (Fsp3) is 0.300. The third kappa shape index (κ3) is 2.94. The number of nitrogens with zero attached hydrogens (tertiary/aromatic N) is 5. The fourth-order valence-electron chi connectivity index (χ4n) is 1.45. The molecule has 0 fully saturated rings. The van der Waals surface area contributed by atoms with Crippen LogP contribution in [0.4, 0.5) is 11.5 Å². The van der Waals surface area contributed by atoms with Gasteiger partial charge in [-0.05, 0) is 0 Å². The van der Waals surface area contributed by atoms with Crippen molar-refractivity contribution in [3.8, 4) is 5.88 Å². The van der Waals surface area contributed by atoms with Crippen molar-refractivity contribution in [2.45, 2.75) is 6.54 Å². The Morgan fingerprint density at radius 2 is 2.32 bits per heavy atom. The molecule has 0 saturated carbocycles. The molecule has 0 bridgehead atoms. The van der Waals surface area contributed by atoms with E-state index in [1.165, 1.54) is 19.2 Å². The van der Waals surface area contributed by atoms with Crippen LogP contribution in [0, 0.1) is 10.1 Å². The molecule has 0 unspecified atom stereocenters. The molecule has 2 aromatic rings. The molecule has 0 aliphatic carbocycles.